The summed E-state index contributed by atoms with van der Waals surface area (Å²) in [6.07, 6.45) is 1.75. The first-order valence-corrected chi connectivity index (χ1v) is 6.26. The van der Waals surface area contributed by atoms with Crippen LogP contribution in [0, 0.1) is 0 Å². The van der Waals surface area contributed by atoms with E-state index in [1.165, 1.54) is 0 Å². The Morgan fingerprint density at radius 1 is 1.17 bits per heavy atom. The lowest BCUT2D eigenvalue weighted by molar-refractivity contribution is 0.415. The van der Waals surface area contributed by atoms with Crippen molar-refractivity contribution >= 4 is 33.1 Å². The summed E-state index contributed by atoms with van der Waals surface area (Å²) in [6.45, 7) is 0. The first-order valence-electron chi connectivity index (χ1n) is 5.46. The fourth-order valence-corrected chi connectivity index (χ4v) is 2.04. The number of benzene rings is 1. The number of ether oxygens (including phenoxy) is 1. The van der Waals surface area contributed by atoms with Gasteiger partial charge in [-0.1, -0.05) is 15.9 Å². The van der Waals surface area contributed by atoms with Crippen LogP contribution in [0.5, 0.6) is 5.75 Å². The Balaban J connectivity index is 2.24. The summed E-state index contributed by atoms with van der Waals surface area (Å²) in [6, 6.07) is 9.69. The minimum Gasteiger partial charge on any atom is -0.497 e. The molecule has 94 valence electrons. The first-order chi connectivity index (χ1) is 8.71. The molecule has 2 N–H and O–H groups in total. The Bertz CT molecular complexity index is 546. The number of pyridine rings is 1. The topological polar surface area (TPSA) is 46.2 Å². The van der Waals surface area contributed by atoms with Gasteiger partial charge in [-0.25, -0.2) is 4.98 Å². The zero-order chi connectivity index (χ0) is 13.0. The zero-order valence-electron chi connectivity index (χ0n) is 10.2. The summed E-state index contributed by atoms with van der Waals surface area (Å²) in [5.74, 6) is 1.62. The molecular weight excluding hydrogens is 294 g/mol. The van der Waals surface area contributed by atoms with Gasteiger partial charge < -0.3 is 15.4 Å². The Morgan fingerprint density at radius 2 is 2.00 bits per heavy atom. The van der Waals surface area contributed by atoms with Gasteiger partial charge in [0.2, 0.25) is 0 Å². The van der Waals surface area contributed by atoms with Crippen LogP contribution in [-0.2, 0) is 0 Å². The molecule has 0 saturated heterocycles. The molecule has 2 aromatic rings. The molecule has 1 heterocycles. The summed E-state index contributed by atoms with van der Waals surface area (Å²) >= 11 is 3.45. The van der Waals surface area contributed by atoms with Crippen LogP contribution in [0.15, 0.2) is 41.0 Å². The summed E-state index contributed by atoms with van der Waals surface area (Å²) < 4.78 is 6.19. The molecule has 5 heteroatoms. The van der Waals surface area contributed by atoms with Gasteiger partial charge in [0.1, 0.15) is 11.6 Å². The van der Waals surface area contributed by atoms with Gasteiger partial charge in [0.05, 0.1) is 7.11 Å². The summed E-state index contributed by atoms with van der Waals surface area (Å²) in [5.41, 5.74) is 1.92. The second-order valence-corrected chi connectivity index (χ2v) is 4.60. The van der Waals surface area contributed by atoms with Crippen molar-refractivity contribution in [3.8, 4) is 5.75 Å². The van der Waals surface area contributed by atoms with Gasteiger partial charge in [-0.3, -0.25) is 0 Å². The van der Waals surface area contributed by atoms with E-state index in [9.17, 15) is 0 Å². The Morgan fingerprint density at radius 3 is 2.72 bits per heavy atom. The number of nitrogens with one attached hydrogen (secondary N) is 2. The van der Waals surface area contributed by atoms with E-state index in [1.54, 1.807) is 13.3 Å². The van der Waals surface area contributed by atoms with Crippen LogP contribution in [0.25, 0.3) is 0 Å². The van der Waals surface area contributed by atoms with Crippen molar-refractivity contribution in [2.75, 3.05) is 24.8 Å². The van der Waals surface area contributed by atoms with Crippen molar-refractivity contribution in [2.45, 2.75) is 0 Å². The Labute approximate surface area is 115 Å². The van der Waals surface area contributed by atoms with Crippen LogP contribution in [0.3, 0.4) is 0 Å². The van der Waals surface area contributed by atoms with E-state index in [2.05, 4.69) is 31.5 Å². The van der Waals surface area contributed by atoms with Crippen LogP contribution in [0.4, 0.5) is 17.2 Å². The van der Waals surface area contributed by atoms with Gasteiger partial charge in [-0.15, -0.1) is 0 Å². The lowest BCUT2D eigenvalue weighted by Crippen LogP contribution is -1.95. The highest BCUT2D eigenvalue weighted by atomic mass is 79.9. The average molecular weight is 308 g/mol. The fraction of sp³-hybridized carbons (Fsp3) is 0.154. The highest BCUT2D eigenvalue weighted by Crippen LogP contribution is 2.27. The number of anilines is 3. The number of halogens is 1. The molecule has 0 spiro atoms. The van der Waals surface area contributed by atoms with E-state index < -0.39 is 0 Å². The third-order valence-electron chi connectivity index (χ3n) is 2.41. The number of hydrogen-bond acceptors (Lipinski definition) is 4. The molecule has 0 amide bonds. The van der Waals surface area contributed by atoms with E-state index in [1.807, 2.05) is 37.4 Å². The maximum atomic E-state index is 5.22. The first kappa shape index (κ1) is 12.7. The van der Waals surface area contributed by atoms with E-state index in [-0.39, 0.29) is 0 Å². The molecule has 0 aliphatic heterocycles. The van der Waals surface area contributed by atoms with Gasteiger partial charge in [0, 0.05) is 41.2 Å². The summed E-state index contributed by atoms with van der Waals surface area (Å²) in [4.78, 5) is 4.17. The molecule has 0 aliphatic rings. The number of aromatic nitrogens is 1. The monoisotopic (exact) mass is 307 g/mol. The maximum absolute atomic E-state index is 5.22. The van der Waals surface area contributed by atoms with Crippen molar-refractivity contribution < 1.29 is 4.74 Å². The van der Waals surface area contributed by atoms with Crippen molar-refractivity contribution in [1.82, 2.24) is 4.98 Å². The number of rotatable bonds is 4. The van der Waals surface area contributed by atoms with Crippen LogP contribution >= 0.6 is 15.9 Å². The van der Waals surface area contributed by atoms with Crippen molar-refractivity contribution in [1.29, 1.82) is 0 Å². The van der Waals surface area contributed by atoms with E-state index >= 15 is 0 Å². The normalized spacial score (nSPS) is 9.94. The fourth-order valence-electron chi connectivity index (χ4n) is 1.56. The number of methoxy groups -OCH3 is 1. The minimum atomic E-state index is 0.801. The molecule has 0 bridgehead atoms. The predicted octanol–water partition coefficient (Wildman–Crippen LogP) is 3.64. The maximum Gasteiger partial charge on any atom is 0.127 e. The highest BCUT2D eigenvalue weighted by Gasteiger charge is 2.01. The smallest absolute Gasteiger partial charge is 0.127 e. The average Bonchev–Trinajstić information content (AvgIpc) is 2.38. The Hall–Kier alpha value is -1.75. The quantitative estimate of drug-likeness (QED) is 0.905. The molecule has 0 atom stereocenters. The predicted molar refractivity (Wildman–Crippen MR) is 77.8 cm³/mol. The van der Waals surface area contributed by atoms with Gasteiger partial charge in [-0.05, 0) is 18.2 Å². The largest absolute Gasteiger partial charge is 0.497 e. The van der Waals surface area contributed by atoms with Crippen molar-refractivity contribution in [2.24, 2.45) is 0 Å². The minimum absolute atomic E-state index is 0.801. The van der Waals surface area contributed by atoms with Crippen LogP contribution < -0.4 is 15.4 Å². The molecule has 0 saturated carbocycles. The highest BCUT2D eigenvalue weighted by molar-refractivity contribution is 9.10. The standard InChI is InChI=1S/C13H14BrN3O/c1-15-13-8-10(3-4-16-13)17-11-5-9(14)6-12(7-11)18-2/h3-8H,1-2H3,(H2,15,16,17). The number of nitrogens with zero attached hydrogens (tertiary/aromatic N) is 1. The molecule has 0 unspecified atom stereocenters. The van der Waals surface area contributed by atoms with Crippen LogP contribution in [-0.4, -0.2) is 19.1 Å². The molecular formula is C13H14BrN3O. The van der Waals surface area contributed by atoms with E-state index in [0.717, 1.165) is 27.4 Å². The van der Waals surface area contributed by atoms with Gasteiger partial charge in [0.25, 0.3) is 0 Å². The molecule has 0 fully saturated rings. The summed E-state index contributed by atoms with van der Waals surface area (Å²) in [5, 5.41) is 6.31. The van der Waals surface area contributed by atoms with Crippen LogP contribution in [0.1, 0.15) is 0 Å². The summed E-state index contributed by atoms with van der Waals surface area (Å²) in [7, 11) is 3.49. The second kappa shape index (κ2) is 5.73. The lowest BCUT2D eigenvalue weighted by Gasteiger charge is -2.10. The van der Waals surface area contributed by atoms with Crippen molar-refractivity contribution in [3.05, 3.63) is 41.0 Å². The van der Waals surface area contributed by atoms with E-state index in [0.29, 0.717) is 0 Å². The van der Waals surface area contributed by atoms with Crippen LogP contribution in [0.2, 0.25) is 0 Å². The van der Waals surface area contributed by atoms with Crippen molar-refractivity contribution in [3.63, 3.8) is 0 Å². The molecule has 18 heavy (non-hydrogen) atoms. The lowest BCUT2D eigenvalue weighted by atomic mass is 10.3. The number of hydrogen-bond donors (Lipinski definition) is 2. The molecule has 1 aromatic carbocycles. The Kier molecular flexibility index (Phi) is 4.04. The van der Waals surface area contributed by atoms with Gasteiger partial charge in [-0.2, -0.15) is 0 Å². The van der Waals surface area contributed by atoms with Gasteiger partial charge >= 0.3 is 0 Å². The molecule has 0 radical (unpaired) electrons. The third-order valence-corrected chi connectivity index (χ3v) is 2.87. The van der Waals surface area contributed by atoms with E-state index in [4.69, 9.17) is 4.74 Å². The zero-order valence-corrected chi connectivity index (χ0v) is 11.8. The second-order valence-electron chi connectivity index (χ2n) is 3.68. The molecule has 0 aliphatic carbocycles. The SMILES string of the molecule is CNc1cc(Nc2cc(Br)cc(OC)c2)ccn1. The molecule has 1 aromatic heterocycles. The molecule has 2 rings (SSSR count). The molecule has 4 nitrogen and oxygen atoms in total. The van der Waals surface area contributed by atoms with Gasteiger partial charge in [0.15, 0.2) is 0 Å². The third kappa shape index (κ3) is 3.13.